The third-order valence-corrected chi connectivity index (χ3v) is 1.98. The highest BCUT2D eigenvalue weighted by Crippen LogP contribution is 2.40. The van der Waals surface area contributed by atoms with Gasteiger partial charge >= 0.3 is 6.18 Å². The largest absolute Gasteiger partial charge is 0.402 e. The Labute approximate surface area is 61.8 Å². The lowest BCUT2D eigenvalue weighted by atomic mass is 9.88. The van der Waals surface area contributed by atoms with E-state index in [0.29, 0.717) is 0 Å². The normalized spacial score (nSPS) is 32.3. The summed E-state index contributed by atoms with van der Waals surface area (Å²) in [6, 6.07) is 0. The van der Waals surface area contributed by atoms with Crippen LogP contribution in [-0.2, 0) is 4.79 Å². The molecule has 1 heterocycles. The third-order valence-electron chi connectivity index (χ3n) is 1.98. The van der Waals surface area contributed by atoms with E-state index in [-0.39, 0.29) is 25.8 Å². The fourth-order valence-electron chi connectivity index (χ4n) is 1.12. The summed E-state index contributed by atoms with van der Waals surface area (Å²) in [7, 11) is 0. The fourth-order valence-corrected chi connectivity index (χ4v) is 1.12. The van der Waals surface area contributed by atoms with Crippen LogP contribution in [0.4, 0.5) is 13.2 Å². The Bertz CT molecular complexity index is 160. The number of rotatable bonds is 1. The molecule has 0 radical (unpaired) electrons. The van der Waals surface area contributed by atoms with Gasteiger partial charge in [-0.2, -0.15) is 13.2 Å². The van der Waals surface area contributed by atoms with Crippen LogP contribution in [0.1, 0.15) is 6.42 Å². The van der Waals surface area contributed by atoms with Crippen LogP contribution in [0.5, 0.6) is 0 Å². The molecule has 1 atom stereocenters. The van der Waals surface area contributed by atoms with Crippen molar-refractivity contribution < 1.29 is 18.0 Å². The van der Waals surface area contributed by atoms with E-state index in [0.717, 1.165) is 0 Å². The van der Waals surface area contributed by atoms with Crippen LogP contribution < -0.4 is 5.32 Å². The number of hydrogen-bond donors (Lipinski definition) is 1. The minimum absolute atomic E-state index is 0.00694. The van der Waals surface area contributed by atoms with Crippen LogP contribution in [0, 0.1) is 5.41 Å². The Morgan fingerprint density at radius 1 is 1.45 bits per heavy atom. The molecule has 1 saturated heterocycles. The van der Waals surface area contributed by atoms with Crippen molar-refractivity contribution in [3.8, 4) is 0 Å². The molecule has 2 nitrogen and oxygen atoms in total. The van der Waals surface area contributed by atoms with Gasteiger partial charge in [0.25, 0.3) is 0 Å². The summed E-state index contributed by atoms with van der Waals surface area (Å²) in [5, 5.41) is 2.52. The van der Waals surface area contributed by atoms with Crippen molar-refractivity contribution in [2.75, 3.05) is 13.1 Å². The van der Waals surface area contributed by atoms with Gasteiger partial charge in [0.15, 0.2) is 0 Å². The van der Waals surface area contributed by atoms with Crippen LogP contribution in [0.25, 0.3) is 0 Å². The van der Waals surface area contributed by atoms with Crippen molar-refractivity contribution >= 4 is 6.29 Å². The monoisotopic (exact) mass is 167 g/mol. The second-order valence-electron chi connectivity index (χ2n) is 2.70. The number of aldehydes is 1. The van der Waals surface area contributed by atoms with Gasteiger partial charge in [-0.25, -0.2) is 0 Å². The standard InChI is InChI=1S/C6H8F3NO/c7-6(8,9)5(4-11)1-2-10-3-5/h4,10H,1-3H2. The van der Waals surface area contributed by atoms with E-state index >= 15 is 0 Å². The molecule has 0 saturated carbocycles. The first-order chi connectivity index (χ1) is 5.02. The highest BCUT2D eigenvalue weighted by Gasteiger charge is 2.56. The topological polar surface area (TPSA) is 29.1 Å². The lowest BCUT2D eigenvalue weighted by molar-refractivity contribution is -0.208. The van der Waals surface area contributed by atoms with Crippen LogP contribution in [0.2, 0.25) is 0 Å². The number of carbonyl (C=O) groups is 1. The molecule has 0 aromatic rings. The Morgan fingerprint density at radius 3 is 2.27 bits per heavy atom. The summed E-state index contributed by atoms with van der Waals surface area (Å²) >= 11 is 0. The Kier molecular flexibility index (Phi) is 1.92. The number of alkyl halides is 3. The minimum Gasteiger partial charge on any atom is -0.315 e. The van der Waals surface area contributed by atoms with Gasteiger partial charge < -0.3 is 10.1 Å². The van der Waals surface area contributed by atoms with Crippen molar-refractivity contribution in [2.45, 2.75) is 12.6 Å². The van der Waals surface area contributed by atoms with E-state index < -0.39 is 11.6 Å². The molecule has 1 aliphatic heterocycles. The summed E-state index contributed by atoms with van der Waals surface area (Å²) in [6.45, 7) is -0.0156. The second kappa shape index (κ2) is 2.48. The van der Waals surface area contributed by atoms with E-state index in [1.165, 1.54) is 0 Å². The molecule has 1 N–H and O–H groups in total. The Morgan fingerprint density at radius 2 is 2.09 bits per heavy atom. The molecule has 0 amide bonds. The molecule has 1 rings (SSSR count). The maximum atomic E-state index is 12.1. The average Bonchev–Trinajstić information content (AvgIpc) is 2.33. The van der Waals surface area contributed by atoms with E-state index in [9.17, 15) is 18.0 Å². The minimum atomic E-state index is -4.40. The van der Waals surface area contributed by atoms with Gasteiger partial charge in [0.2, 0.25) is 0 Å². The van der Waals surface area contributed by atoms with Crippen molar-refractivity contribution in [3.05, 3.63) is 0 Å². The number of hydrogen-bond acceptors (Lipinski definition) is 2. The van der Waals surface area contributed by atoms with Crippen LogP contribution in [0.3, 0.4) is 0 Å². The number of nitrogens with one attached hydrogen (secondary N) is 1. The molecule has 0 aromatic carbocycles. The molecule has 11 heavy (non-hydrogen) atoms. The predicted octanol–water partition coefficient (Wildman–Crippen LogP) is 0.727. The highest BCUT2D eigenvalue weighted by molar-refractivity contribution is 5.62. The highest BCUT2D eigenvalue weighted by atomic mass is 19.4. The molecular weight excluding hydrogens is 159 g/mol. The first-order valence-corrected chi connectivity index (χ1v) is 3.26. The third kappa shape index (κ3) is 1.24. The Balaban J connectivity index is 2.83. The maximum Gasteiger partial charge on any atom is 0.402 e. The zero-order chi connectivity index (χ0) is 8.54. The van der Waals surface area contributed by atoms with Gasteiger partial charge in [0.05, 0.1) is 0 Å². The summed E-state index contributed by atoms with van der Waals surface area (Å²) in [5.41, 5.74) is -2.12. The zero-order valence-electron chi connectivity index (χ0n) is 5.74. The van der Waals surface area contributed by atoms with Crippen LogP contribution in [0.15, 0.2) is 0 Å². The van der Waals surface area contributed by atoms with Gasteiger partial charge in [-0.1, -0.05) is 0 Å². The molecule has 64 valence electrons. The van der Waals surface area contributed by atoms with E-state index in [4.69, 9.17) is 0 Å². The van der Waals surface area contributed by atoms with Crippen molar-refractivity contribution in [3.63, 3.8) is 0 Å². The molecule has 0 aliphatic carbocycles. The fraction of sp³-hybridized carbons (Fsp3) is 0.833. The average molecular weight is 167 g/mol. The smallest absolute Gasteiger partial charge is 0.315 e. The lowest BCUT2D eigenvalue weighted by Gasteiger charge is -2.23. The first-order valence-electron chi connectivity index (χ1n) is 3.26. The summed E-state index contributed by atoms with van der Waals surface area (Å²) in [4.78, 5) is 10.2. The quantitative estimate of drug-likeness (QED) is 0.583. The maximum absolute atomic E-state index is 12.1. The molecule has 1 fully saturated rings. The van der Waals surface area contributed by atoms with Crippen molar-refractivity contribution in [1.29, 1.82) is 0 Å². The zero-order valence-corrected chi connectivity index (χ0v) is 5.74. The van der Waals surface area contributed by atoms with Gasteiger partial charge in [0, 0.05) is 6.54 Å². The Hall–Kier alpha value is -0.580. The molecule has 0 bridgehead atoms. The number of carbonyl (C=O) groups excluding carboxylic acids is 1. The summed E-state index contributed by atoms with van der Waals surface area (Å²) < 4.78 is 36.4. The van der Waals surface area contributed by atoms with Gasteiger partial charge in [-0.05, 0) is 13.0 Å². The van der Waals surface area contributed by atoms with E-state index in [2.05, 4.69) is 5.32 Å². The van der Waals surface area contributed by atoms with E-state index in [1.54, 1.807) is 0 Å². The first kappa shape index (κ1) is 8.52. The molecule has 1 aliphatic rings. The lowest BCUT2D eigenvalue weighted by Crippen LogP contribution is -2.41. The van der Waals surface area contributed by atoms with E-state index in [1.807, 2.05) is 0 Å². The van der Waals surface area contributed by atoms with Crippen molar-refractivity contribution in [2.24, 2.45) is 5.41 Å². The van der Waals surface area contributed by atoms with Gasteiger partial charge in [0.1, 0.15) is 11.7 Å². The molecule has 0 spiro atoms. The number of halogens is 3. The molecule has 5 heteroatoms. The van der Waals surface area contributed by atoms with Gasteiger partial charge in [-0.3, -0.25) is 0 Å². The predicted molar refractivity (Wildman–Crippen MR) is 32.0 cm³/mol. The van der Waals surface area contributed by atoms with Gasteiger partial charge in [-0.15, -0.1) is 0 Å². The molecule has 0 aromatic heterocycles. The van der Waals surface area contributed by atoms with Crippen LogP contribution >= 0.6 is 0 Å². The second-order valence-corrected chi connectivity index (χ2v) is 2.70. The van der Waals surface area contributed by atoms with Crippen molar-refractivity contribution in [1.82, 2.24) is 5.32 Å². The SMILES string of the molecule is O=CC1(C(F)(F)F)CCNC1. The van der Waals surface area contributed by atoms with Crippen LogP contribution in [-0.4, -0.2) is 25.6 Å². The molecular formula is C6H8F3NO. The summed E-state index contributed by atoms with van der Waals surface area (Å²) in [5.74, 6) is 0. The summed E-state index contributed by atoms with van der Waals surface area (Å²) in [6.07, 6.45) is -4.54. The molecule has 1 unspecified atom stereocenters.